The molecular weight excluding hydrogens is 241 g/mol. The van der Waals surface area contributed by atoms with E-state index >= 15 is 0 Å². The van der Waals surface area contributed by atoms with Crippen molar-refractivity contribution in [3.63, 3.8) is 0 Å². The molecule has 98 valence electrons. The Bertz CT molecular complexity index is 451. The number of anilines is 1. The fourth-order valence-corrected chi connectivity index (χ4v) is 1.24. The van der Waals surface area contributed by atoms with Crippen LogP contribution in [0.15, 0.2) is 18.2 Å². The zero-order chi connectivity index (χ0) is 13.5. The first-order valence-corrected chi connectivity index (χ1v) is 5.21. The highest BCUT2D eigenvalue weighted by atomic mass is 19.1. The number of rotatable bonds is 6. The molecule has 6 nitrogen and oxygen atoms in total. The van der Waals surface area contributed by atoms with Crippen LogP contribution in [-0.4, -0.2) is 31.6 Å². The Balaban J connectivity index is 2.65. The lowest BCUT2D eigenvalue weighted by Crippen LogP contribution is -2.21. The van der Waals surface area contributed by atoms with E-state index in [1.54, 1.807) is 0 Å². The maximum atomic E-state index is 13.2. The highest BCUT2D eigenvalue weighted by Gasteiger charge is 2.10. The molecule has 1 aromatic rings. The fourth-order valence-electron chi connectivity index (χ4n) is 1.24. The van der Waals surface area contributed by atoms with Crippen molar-refractivity contribution in [2.75, 3.05) is 25.1 Å². The van der Waals surface area contributed by atoms with E-state index in [0.717, 1.165) is 6.07 Å². The summed E-state index contributed by atoms with van der Waals surface area (Å²) in [7, 11) is 0. The molecule has 1 rings (SSSR count). The standard InChI is InChI=1S/C11H14FN3O3/c12-9-2-1-7(5-8(9)11(14)17)15-10(16)6-18-4-3-13/h1-2,5H,3-4,6,13H2,(H2,14,17)(H,15,16). The van der Waals surface area contributed by atoms with Gasteiger partial charge in [0.2, 0.25) is 5.91 Å². The van der Waals surface area contributed by atoms with Crippen LogP contribution in [0, 0.1) is 5.82 Å². The van der Waals surface area contributed by atoms with Gasteiger partial charge in [0.15, 0.2) is 0 Å². The minimum Gasteiger partial charge on any atom is -0.370 e. The Morgan fingerprint density at radius 3 is 2.72 bits per heavy atom. The van der Waals surface area contributed by atoms with E-state index < -0.39 is 17.6 Å². The van der Waals surface area contributed by atoms with Gasteiger partial charge in [0.05, 0.1) is 12.2 Å². The van der Waals surface area contributed by atoms with Crippen molar-refractivity contribution in [3.8, 4) is 0 Å². The molecule has 0 bridgehead atoms. The van der Waals surface area contributed by atoms with Crippen molar-refractivity contribution >= 4 is 17.5 Å². The summed E-state index contributed by atoms with van der Waals surface area (Å²) >= 11 is 0. The first-order chi connectivity index (χ1) is 8.54. The average molecular weight is 255 g/mol. The Morgan fingerprint density at radius 2 is 2.11 bits per heavy atom. The Morgan fingerprint density at radius 1 is 1.39 bits per heavy atom. The number of hydrogen-bond donors (Lipinski definition) is 3. The van der Waals surface area contributed by atoms with E-state index in [9.17, 15) is 14.0 Å². The molecule has 0 aromatic heterocycles. The molecular formula is C11H14FN3O3. The fraction of sp³-hybridized carbons (Fsp3) is 0.273. The third kappa shape index (κ3) is 4.11. The normalized spacial score (nSPS) is 10.1. The van der Waals surface area contributed by atoms with Crippen LogP contribution >= 0.6 is 0 Å². The Kier molecular flexibility index (Phi) is 5.22. The second-order valence-corrected chi connectivity index (χ2v) is 3.45. The molecule has 0 aliphatic heterocycles. The number of nitrogens with two attached hydrogens (primary N) is 2. The van der Waals surface area contributed by atoms with Crippen LogP contribution in [0.5, 0.6) is 0 Å². The number of carbonyl (C=O) groups is 2. The van der Waals surface area contributed by atoms with Gasteiger partial charge in [0.25, 0.3) is 5.91 Å². The van der Waals surface area contributed by atoms with E-state index in [1.165, 1.54) is 12.1 Å². The molecule has 0 spiro atoms. The lowest BCUT2D eigenvalue weighted by atomic mass is 10.2. The molecule has 0 unspecified atom stereocenters. The first-order valence-electron chi connectivity index (χ1n) is 5.21. The second kappa shape index (κ2) is 6.67. The average Bonchev–Trinajstić information content (AvgIpc) is 2.31. The summed E-state index contributed by atoms with van der Waals surface area (Å²) in [6.07, 6.45) is 0. The van der Waals surface area contributed by atoms with Gasteiger partial charge in [-0.05, 0) is 18.2 Å². The third-order valence-electron chi connectivity index (χ3n) is 2.01. The van der Waals surface area contributed by atoms with Crippen LogP contribution in [0.3, 0.4) is 0 Å². The van der Waals surface area contributed by atoms with Crippen molar-refractivity contribution in [1.82, 2.24) is 0 Å². The molecule has 1 aromatic carbocycles. The van der Waals surface area contributed by atoms with Crippen molar-refractivity contribution in [1.29, 1.82) is 0 Å². The van der Waals surface area contributed by atoms with Gasteiger partial charge in [-0.1, -0.05) is 0 Å². The molecule has 2 amide bonds. The van der Waals surface area contributed by atoms with E-state index in [-0.39, 0.29) is 24.5 Å². The predicted octanol–water partition coefficient (Wildman–Crippen LogP) is -0.162. The zero-order valence-electron chi connectivity index (χ0n) is 9.61. The SMILES string of the molecule is NCCOCC(=O)Nc1ccc(F)c(C(N)=O)c1. The quantitative estimate of drug-likeness (QED) is 0.614. The molecule has 0 saturated carbocycles. The zero-order valence-corrected chi connectivity index (χ0v) is 9.61. The number of hydrogen-bond acceptors (Lipinski definition) is 4. The molecule has 5 N–H and O–H groups in total. The van der Waals surface area contributed by atoms with Gasteiger partial charge in [-0.2, -0.15) is 0 Å². The number of benzene rings is 1. The summed E-state index contributed by atoms with van der Waals surface area (Å²) in [6, 6.07) is 3.54. The van der Waals surface area contributed by atoms with Gasteiger partial charge >= 0.3 is 0 Å². The van der Waals surface area contributed by atoms with Crippen molar-refractivity contribution < 1.29 is 18.7 Å². The van der Waals surface area contributed by atoms with Crippen LogP contribution in [0.25, 0.3) is 0 Å². The van der Waals surface area contributed by atoms with Gasteiger partial charge in [-0.3, -0.25) is 9.59 Å². The Hall–Kier alpha value is -1.99. The van der Waals surface area contributed by atoms with Crippen LogP contribution in [0.4, 0.5) is 10.1 Å². The molecule has 0 aliphatic rings. The Labute approximate surface area is 103 Å². The maximum absolute atomic E-state index is 13.2. The topological polar surface area (TPSA) is 107 Å². The van der Waals surface area contributed by atoms with Crippen LogP contribution in [0.2, 0.25) is 0 Å². The van der Waals surface area contributed by atoms with Crippen molar-refractivity contribution in [2.24, 2.45) is 11.5 Å². The first kappa shape index (κ1) is 14.1. The summed E-state index contributed by atoms with van der Waals surface area (Å²) in [5, 5.41) is 2.44. The number of carbonyl (C=O) groups excluding carboxylic acids is 2. The molecule has 0 heterocycles. The highest BCUT2D eigenvalue weighted by molar-refractivity contribution is 5.96. The van der Waals surface area contributed by atoms with E-state index in [2.05, 4.69) is 5.32 Å². The van der Waals surface area contributed by atoms with E-state index in [0.29, 0.717) is 6.54 Å². The summed E-state index contributed by atoms with van der Waals surface area (Å²) in [5.74, 6) is -2.06. The summed E-state index contributed by atoms with van der Waals surface area (Å²) in [4.78, 5) is 22.3. The summed E-state index contributed by atoms with van der Waals surface area (Å²) in [5.41, 5.74) is 10.2. The molecule has 7 heteroatoms. The summed E-state index contributed by atoms with van der Waals surface area (Å²) < 4.78 is 18.1. The molecule has 0 fully saturated rings. The van der Waals surface area contributed by atoms with E-state index in [1.807, 2.05) is 0 Å². The molecule has 18 heavy (non-hydrogen) atoms. The lowest BCUT2D eigenvalue weighted by molar-refractivity contribution is -0.120. The van der Waals surface area contributed by atoms with Crippen LogP contribution in [-0.2, 0) is 9.53 Å². The minimum atomic E-state index is -0.900. The third-order valence-corrected chi connectivity index (χ3v) is 2.01. The second-order valence-electron chi connectivity index (χ2n) is 3.45. The van der Waals surface area contributed by atoms with Gasteiger partial charge in [-0.15, -0.1) is 0 Å². The molecule has 0 aliphatic carbocycles. The van der Waals surface area contributed by atoms with Gasteiger partial charge in [0, 0.05) is 12.2 Å². The van der Waals surface area contributed by atoms with Crippen molar-refractivity contribution in [2.45, 2.75) is 0 Å². The number of amides is 2. The number of nitrogens with one attached hydrogen (secondary N) is 1. The molecule has 0 radical (unpaired) electrons. The lowest BCUT2D eigenvalue weighted by Gasteiger charge is -2.07. The predicted molar refractivity (Wildman–Crippen MR) is 63.4 cm³/mol. The largest absolute Gasteiger partial charge is 0.370 e. The monoisotopic (exact) mass is 255 g/mol. The molecule has 0 saturated heterocycles. The van der Waals surface area contributed by atoms with Gasteiger partial charge in [-0.25, -0.2) is 4.39 Å². The van der Waals surface area contributed by atoms with Gasteiger partial charge in [0.1, 0.15) is 12.4 Å². The minimum absolute atomic E-state index is 0.166. The number of halogens is 1. The van der Waals surface area contributed by atoms with Gasteiger partial charge < -0.3 is 21.5 Å². The van der Waals surface area contributed by atoms with E-state index in [4.69, 9.17) is 16.2 Å². The highest BCUT2D eigenvalue weighted by Crippen LogP contribution is 2.14. The molecule has 0 atom stereocenters. The summed E-state index contributed by atoms with van der Waals surface area (Å²) in [6.45, 7) is 0.416. The van der Waals surface area contributed by atoms with Crippen molar-refractivity contribution in [3.05, 3.63) is 29.6 Å². The maximum Gasteiger partial charge on any atom is 0.251 e. The number of ether oxygens (including phenoxy) is 1. The van der Waals surface area contributed by atoms with Crippen LogP contribution in [0.1, 0.15) is 10.4 Å². The van der Waals surface area contributed by atoms with Crippen LogP contribution < -0.4 is 16.8 Å². The number of primary amides is 1. The smallest absolute Gasteiger partial charge is 0.251 e.